The van der Waals surface area contributed by atoms with Gasteiger partial charge >= 0.3 is 0 Å². The van der Waals surface area contributed by atoms with Crippen molar-refractivity contribution in [3.63, 3.8) is 0 Å². The molecule has 0 radical (unpaired) electrons. The third kappa shape index (κ3) is 1.80. The smallest absolute Gasteiger partial charge is 0.157 e. The van der Waals surface area contributed by atoms with Crippen LogP contribution in [0.4, 0.5) is 0 Å². The number of hydrogen-bond donors (Lipinski definition) is 0. The molecule has 0 amide bonds. The fourth-order valence-corrected chi connectivity index (χ4v) is 0.591. The van der Waals surface area contributed by atoms with Gasteiger partial charge in [-0.15, -0.1) is 0 Å². The fourth-order valence-electron chi connectivity index (χ4n) is 0.591. The van der Waals surface area contributed by atoms with Crippen molar-refractivity contribution >= 4 is 0 Å². The van der Waals surface area contributed by atoms with E-state index in [4.69, 9.17) is 9.15 Å². The number of rotatable bonds is 2. The van der Waals surface area contributed by atoms with Crippen molar-refractivity contribution in [2.24, 2.45) is 0 Å². The van der Waals surface area contributed by atoms with Crippen LogP contribution in [0.25, 0.3) is 0 Å². The van der Waals surface area contributed by atoms with E-state index in [0.29, 0.717) is 0 Å². The van der Waals surface area contributed by atoms with E-state index >= 15 is 0 Å². The monoisotopic (exact) mass is 126 g/mol. The van der Waals surface area contributed by atoms with Gasteiger partial charge in [-0.1, -0.05) is 0 Å². The Hall–Kier alpha value is -0.920. The van der Waals surface area contributed by atoms with Crippen LogP contribution in [0.2, 0.25) is 0 Å². The first kappa shape index (κ1) is 6.20. The van der Waals surface area contributed by atoms with Gasteiger partial charge in [-0.3, -0.25) is 0 Å². The maximum absolute atomic E-state index is 5.26. The summed E-state index contributed by atoms with van der Waals surface area (Å²) >= 11 is 0. The summed E-state index contributed by atoms with van der Waals surface area (Å²) in [5, 5.41) is 0. The van der Waals surface area contributed by atoms with Crippen LogP contribution >= 0.6 is 0 Å². The summed E-state index contributed by atoms with van der Waals surface area (Å²) in [6, 6.07) is 1.79. The highest BCUT2D eigenvalue weighted by Crippen LogP contribution is 2.11. The first-order valence-corrected chi connectivity index (χ1v) is 2.98. The predicted octanol–water partition coefficient (Wildman–Crippen LogP) is 2.07. The zero-order valence-corrected chi connectivity index (χ0v) is 5.63. The minimum Gasteiger partial charge on any atom is -0.488 e. The summed E-state index contributed by atoms with van der Waals surface area (Å²) in [5.41, 5.74) is 0. The summed E-state index contributed by atoms with van der Waals surface area (Å²) < 4.78 is 10.1. The molecule has 1 rings (SSSR count). The molecule has 2 heteroatoms. The van der Waals surface area contributed by atoms with Crippen LogP contribution in [-0.2, 0) is 0 Å². The molecule has 0 bridgehead atoms. The second-order valence-electron chi connectivity index (χ2n) is 2.13. The normalized spacial score (nSPS) is 10.1. The van der Waals surface area contributed by atoms with Gasteiger partial charge < -0.3 is 9.15 Å². The van der Waals surface area contributed by atoms with Crippen LogP contribution in [0, 0.1) is 0 Å². The summed E-state index contributed by atoms with van der Waals surface area (Å²) in [6.07, 6.45) is 3.40. The molecule has 0 aromatic carbocycles. The molecule has 0 fully saturated rings. The highest BCUT2D eigenvalue weighted by atomic mass is 16.5. The lowest BCUT2D eigenvalue weighted by Gasteiger charge is -2.04. The Kier molecular flexibility index (Phi) is 1.78. The average Bonchev–Trinajstić information content (AvgIpc) is 2.15. The van der Waals surface area contributed by atoms with Crippen LogP contribution in [0.1, 0.15) is 13.8 Å². The van der Waals surface area contributed by atoms with Gasteiger partial charge in [-0.05, 0) is 13.8 Å². The van der Waals surface area contributed by atoms with Crippen molar-refractivity contribution in [2.75, 3.05) is 0 Å². The molecule has 0 saturated carbocycles. The molecule has 0 aliphatic heterocycles. The lowest BCUT2D eigenvalue weighted by molar-refractivity contribution is 0.240. The van der Waals surface area contributed by atoms with Gasteiger partial charge in [0, 0.05) is 6.07 Å². The van der Waals surface area contributed by atoms with Crippen molar-refractivity contribution in [2.45, 2.75) is 20.0 Å². The van der Waals surface area contributed by atoms with Crippen LogP contribution < -0.4 is 4.74 Å². The van der Waals surface area contributed by atoms with Crippen LogP contribution in [-0.4, -0.2) is 6.10 Å². The molecule has 0 spiro atoms. The zero-order valence-electron chi connectivity index (χ0n) is 5.63. The maximum Gasteiger partial charge on any atom is 0.157 e. The molecular formula is C7H10O2. The molecule has 2 nitrogen and oxygen atoms in total. The first-order chi connectivity index (χ1) is 4.29. The second kappa shape index (κ2) is 2.58. The van der Waals surface area contributed by atoms with Gasteiger partial charge in [0.15, 0.2) is 5.75 Å². The molecular weight excluding hydrogens is 116 g/mol. The Labute approximate surface area is 54.4 Å². The Morgan fingerprint density at radius 2 is 2.33 bits per heavy atom. The van der Waals surface area contributed by atoms with Crippen molar-refractivity contribution in [1.29, 1.82) is 0 Å². The van der Waals surface area contributed by atoms with E-state index < -0.39 is 0 Å². The number of furan rings is 1. The maximum atomic E-state index is 5.26. The third-order valence-electron chi connectivity index (χ3n) is 0.867. The quantitative estimate of drug-likeness (QED) is 0.605. The molecule has 9 heavy (non-hydrogen) atoms. The van der Waals surface area contributed by atoms with Gasteiger partial charge in [0.25, 0.3) is 0 Å². The Bertz CT molecular complexity index is 153. The Morgan fingerprint density at radius 3 is 2.78 bits per heavy atom. The van der Waals surface area contributed by atoms with Crippen LogP contribution in [0.15, 0.2) is 23.0 Å². The van der Waals surface area contributed by atoms with Crippen LogP contribution in [0.5, 0.6) is 5.75 Å². The summed E-state index contributed by atoms with van der Waals surface area (Å²) in [7, 11) is 0. The van der Waals surface area contributed by atoms with Gasteiger partial charge in [0.1, 0.15) is 6.26 Å². The van der Waals surface area contributed by atoms with E-state index in [-0.39, 0.29) is 6.10 Å². The molecule has 50 valence electrons. The molecule has 1 aromatic heterocycles. The number of hydrogen-bond acceptors (Lipinski definition) is 2. The van der Waals surface area contributed by atoms with Crippen molar-refractivity contribution < 1.29 is 9.15 Å². The van der Waals surface area contributed by atoms with E-state index in [2.05, 4.69) is 0 Å². The molecule has 0 saturated heterocycles. The molecule has 0 atom stereocenters. The van der Waals surface area contributed by atoms with E-state index in [0.717, 1.165) is 5.75 Å². The van der Waals surface area contributed by atoms with Crippen molar-refractivity contribution in [3.8, 4) is 5.75 Å². The van der Waals surface area contributed by atoms with E-state index in [1.54, 1.807) is 18.6 Å². The first-order valence-electron chi connectivity index (χ1n) is 2.98. The lowest BCUT2D eigenvalue weighted by atomic mass is 10.5. The fraction of sp³-hybridized carbons (Fsp3) is 0.429. The standard InChI is InChI=1S/C7H10O2/c1-6(2)9-7-3-4-8-5-7/h3-6H,1-2H3. The van der Waals surface area contributed by atoms with E-state index in [1.165, 1.54) is 0 Å². The molecule has 0 aliphatic rings. The second-order valence-corrected chi connectivity index (χ2v) is 2.13. The highest BCUT2D eigenvalue weighted by molar-refractivity contribution is 5.12. The van der Waals surface area contributed by atoms with Crippen LogP contribution in [0.3, 0.4) is 0 Å². The lowest BCUT2D eigenvalue weighted by Crippen LogP contribution is -2.04. The Morgan fingerprint density at radius 1 is 1.56 bits per heavy atom. The van der Waals surface area contributed by atoms with E-state index in [9.17, 15) is 0 Å². The molecule has 1 heterocycles. The minimum absolute atomic E-state index is 0.225. The predicted molar refractivity (Wildman–Crippen MR) is 34.5 cm³/mol. The molecule has 0 N–H and O–H groups in total. The van der Waals surface area contributed by atoms with Gasteiger partial charge in [0.05, 0.1) is 12.4 Å². The summed E-state index contributed by atoms with van der Waals surface area (Å²) in [5.74, 6) is 0.796. The SMILES string of the molecule is CC(C)Oc1ccoc1. The highest BCUT2D eigenvalue weighted by Gasteiger charge is 1.95. The van der Waals surface area contributed by atoms with E-state index in [1.807, 2.05) is 13.8 Å². The Balaban J connectivity index is 2.48. The van der Waals surface area contributed by atoms with Gasteiger partial charge in [-0.2, -0.15) is 0 Å². The molecule has 1 aromatic rings. The topological polar surface area (TPSA) is 22.4 Å². The molecule has 0 aliphatic carbocycles. The summed E-state index contributed by atoms with van der Waals surface area (Å²) in [6.45, 7) is 3.96. The third-order valence-corrected chi connectivity index (χ3v) is 0.867. The van der Waals surface area contributed by atoms with Crippen molar-refractivity contribution in [1.82, 2.24) is 0 Å². The zero-order chi connectivity index (χ0) is 6.69. The van der Waals surface area contributed by atoms with Gasteiger partial charge in [0.2, 0.25) is 0 Å². The van der Waals surface area contributed by atoms with Crippen molar-refractivity contribution in [3.05, 3.63) is 18.6 Å². The number of ether oxygens (including phenoxy) is 1. The minimum atomic E-state index is 0.225. The summed E-state index contributed by atoms with van der Waals surface area (Å²) in [4.78, 5) is 0. The molecule has 0 unspecified atom stereocenters. The average molecular weight is 126 g/mol. The van der Waals surface area contributed by atoms with Gasteiger partial charge in [-0.25, -0.2) is 0 Å². The largest absolute Gasteiger partial charge is 0.488 e.